The van der Waals surface area contributed by atoms with Gasteiger partial charge in [-0.05, 0) is 45.6 Å². The summed E-state index contributed by atoms with van der Waals surface area (Å²) in [7, 11) is 1.17. The molecule has 1 aromatic heterocycles. The predicted molar refractivity (Wildman–Crippen MR) is 145 cm³/mol. The second kappa shape index (κ2) is 16.8. The number of carbonyl (C=O) groups is 4. The van der Waals surface area contributed by atoms with E-state index in [1.54, 1.807) is 20.8 Å². The van der Waals surface area contributed by atoms with Crippen LogP contribution in [0.25, 0.3) is 0 Å². The number of alkyl carbamates (subject to hydrolysis) is 1. The van der Waals surface area contributed by atoms with Gasteiger partial charge in [0, 0.05) is 19.2 Å². The van der Waals surface area contributed by atoms with E-state index in [0.29, 0.717) is 25.1 Å². The van der Waals surface area contributed by atoms with Crippen LogP contribution in [-0.2, 0) is 43.4 Å². The molecule has 3 amide bonds. The van der Waals surface area contributed by atoms with Crippen LogP contribution in [0.5, 0.6) is 0 Å². The Labute approximate surface area is 238 Å². The number of nitrogens with zero attached hydrogens (tertiary/aromatic N) is 3. The van der Waals surface area contributed by atoms with Crippen molar-refractivity contribution in [2.75, 3.05) is 20.3 Å². The van der Waals surface area contributed by atoms with Gasteiger partial charge in [0.2, 0.25) is 0 Å². The number of hydrogen-bond donors (Lipinski definition) is 3. The summed E-state index contributed by atoms with van der Waals surface area (Å²) in [5.41, 5.74) is 0.412. The van der Waals surface area contributed by atoms with Gasteiger partial charge in [0.15, 0.2) is 0 Å². The summed E-state index contributed by atoms with van der Waals surface area (Å²) >= 11 is 0. The molecule has 0 aliphatic carbocycles. The van der Waals surface area contributed by atoms with Crippen LogP contribution in [-0.4, -0.2) is 77.1 Å². The zero-order chi connectivity index (χ0) is 30.3. The largest absolute Gasteiger partial charge is 0.467 e. The summed E-state index contributed by atoms with van der Waals surface area (Å²) in [6, 6.07) is 6.31. The highest BCUT2D eigenvalue weighted by atomic mass is 19.1. The number of benzene rings is 1. The number of urea groups is 1. The van der Waals surface area contributed by atoms with E-state index in [0.717, 1.165) is 5.56 Å². The van der Waals surface area contributed by atoms with Crippen molar-refractivity contribution < 1.29 is 37.8 Å². The SMILES string of the molecule is COC(=O)C(Cc1cn(CCF)nn1)NC(=O)NC(CCCCNC(=O)OCc1ccccc1)C(=O)OC(C)(C)C. The summed E-state index contributed by atoms with van der Waals surface area (Å²) in [6.07, 6.45) is 2.01. The van der Waals surface area contributed by atoms with Crippen molar-refractivity contribution in [1.29, 1.82) is 0 Å². The maximum atomic E-state index is 12.8. The van der Waals surface area contributed by atoms with E-state index < -0.39 is 48.4 Å². The van der Waals surface area contributed by atoms with Gasteiger partial charge < -0.3 is 30.2 Å². The molecule has 3 N–H and O–H groups in total. The average Bonchev–Trinajstić information content (AvgIpc) is 3.36. The van der Waals surface area contributed by atoms with E-state index in [2.05, 4.69) is 26.3 Å². The molecule has 0 aliphatic rings. The predicted octanol–water partition coefficient (Wildman–Crippen LogP) is 2.44. The molecule has 2 aromatic rings. The highest BCUT2D eigenvalue weighted by Crippen LogP contribution is 2.12. The number of nitrogens with one attached hydrogen (secondary N) is 3. The number of amides is 3. The van der Waals surface area contributed by atoms with Crippen LogP contribution in [0.15, 0.2) is 36.5 Å². The third kappa shape index (κ3) is 13.1. The third-order valence-electron chi connectivity index (χ3n) is 5.50. The van der Waals surface area contributed by atoms with Crippen LogP contribution in [0.4, 0.5) is 14.0 Å². The van der Waals surface area contributed by atoms with Crippen LogP contribution in [0.3, 0.4) is 0 Å². The zero-order valence-electron chi connectivity index (χ0n) is 23.9. The highest BCUT2D eigenvalue weighted by molar-refractivity contribution is 5.87. The summed E-state index contributed by atoms with van der Waals surface area (Å²) in [5, 5.41) is 15.3. The Hall–Kier alpha value is -4.23. The molecule has 1 aromatic carbocycles. The molecule has 2 atom stereocenters. The third-order valence-corrected chi connectivity index (χ3v) is 5.50. The van der Waals surface area contributed by atoms with Crippen LogP contribution in [0.2, 0.25) is 0 Å². The van der Waals surface area contributed by atoms with E-state index in [1.165, 1.54) is 18.0 Å². The summed E-state index contributed by atoms with van der Waals surface area (Å²) in [6.45, 7) is 4.93. The normalized spacial score (nSPS) is 12.5. The molecule has 0 spiro atoms. The van der Waals surface area contributed by atoms with Crippen molar-refractivity contribution in [1.82, 2.24) is 30.9 Å². The minimum absolute atomic E-state index is 0.00572. The molecule has 14 heteroatoms. The smallest absolute Gasteiger partial charge is 0.407 e. The van der Waals surface area contributed by atoms with Gasteiger partial charge in [-0.3, -0.25) is 0 Å². The standard InChI is InChI=1S/C27H39FN6O7/c1-27(2,3)41-24(36)21(12-8-9-14-29-26(38)40-18-19-10-6-5-7-11-19)30-25(37)31-22(23(35)39-4)16-20-17-34(15-13-28)33-32-20/h5-7,10-11,17,21-22H,8-9,12-16,18H2,1-4H3,(H,29,38)(H2,30,31,37). The van der Waals surface area contributed by atoms with Gasteiger partial charge in [0.1, 0.15) is 31.0 Å². The number of carbonyl (C=O) groups excluding carboxylic acids is 4. The monoisotopic (exact) mass is 578 g/mol. The van der Waals surface area contributed by atoms with Gasteiger partial charge >= 0.3 is 24.1 Å². The molecule has 2 rings (SSSR count). The summed E-state index contributed by atoms with van der Waals surface area (Å²) < 4.78 is 29.2. The number of alkyl halides is 1. The van der Waals surface area contributed by atoms with Crippen molar-refractivity contribution in [3.8, 4) is 0 Å². The molecule has 13 nitrogen and oxygen atoms in total. The minimum atomic E-state index is -1.14. The molecule has 41 heavy (non-hydrogen) atoms. The minimum Gasteiger partial charge on any atom is -0.467 e. The van der Waals surface area contributed by atoms with Crippen molar-refractivity contribution in [2.24, 2.45) is 0 Å². The zero-order valence-corrected chi connectivity index (χ0v) is 23.9. The van der Waals surface area contributed by atoms with Gasteiger partial charge in [0.25, 0.3) is 0 Å². The lowest BCUT2D eigenvalue weighted by Crippen LogP contribution is -2.53. The second-order valence-corrected chi connectivity index (χ2v) is 10.1. The molecular weight excluding hydrogens is 539 g/mol. The van der Waals surface area contributed by atoms with E-state index >= 15 is 0 Å². The highest BCUT2D eigenvalue weighted by Gasteiger charge is 2.29. The van der Waals surface area contributed by atoms with Gasteiger partial charge in [-0.1, -0.05) is 35.5 Å². The maximum absolute atomic E-state index is 12.8. The van der Waals surface area contributed by atoms with Crippen LogP contribution >= 0.6 is 0 Å². The number of unbranched alkanes of at least 4 members (excludes halogenated alkanes) is 1. The molecular formula is C27H39FN6O7. The lowest BCUT2D eigenvalue weighted by atomic mass is 10.1. The van der Waals surface area contributed by atoms with Gasteiger partial charge in [-0.2, -0.15) is 0 Å². The Morgan fingerprint density at radius 1 is 1.02 bits per heavy atom. The molecule has 226 valence electrons. The number of aryl methyl sites for hydroxylation is 1. The first-order chi connectivity index (χ1) is 19.5. The quantitative estimate of drug-likeness (QED) is 0.164. The topological polar surface area (TPSA) is 163 Å². The molecule has 0 radical (unpaired) electrons. The lowest BCUT2D eigenvalue weighted by molar-refractivity contribution is -0.157. The molecule has 0 aliphatic heterocycles. The number of aromatic nitrogens is 3. The Bertz CT molecular complexity index is 1120. The second-order valence-electron chi connectivity index (χ2n) is 10.1. The Morgan fingerprint density at radius 2 is 1.73 bits per heavy atom. The summed E-state index contributed by atoms with van der Waals surface area (Å²) in [4.78, 5) is 49.9. The van der Waals surface area contributed by atoms with Crippen LogP contribution in [0.1, 0.15) is 51.3 Å². The van der Waals surface area contributed by atoms with Crippen LogP contribution in [0, 0.1) is 0 Å². The van der Waals surface area contributed by atoms with Crippen LogP contribution < -0.4 is 16.0 Å². The fraction of sp³-hybridized carbons (Fsp3) is 0.556. The Morgan fingerprint density at radius 3 is 2.39 bits per heavy atom. The number of rotatable bonds is 15. The van der Waals surface area contributed by atoms with E-state index in [1.807, 2.05) is 30.3 Å². The number of ether oxygens (including phenoxy) is 3. The van der Waals surface area contributed by atoms with E-state index in [-0.39, 0.29) is 26.0 Å². The van der Waals surface area contributed by atoms with Gasteiger partial charge in [-0.25, -0.2) is 28.3 Å². The molecule has 1 heterocycles. The Kier molecular flexibility index (Phi) is 13.5. The lowest BCUT2D eigenvalue weighted by Gasteiger charge is -2.25. The van der Waals surface area contributed by atoms with Crippen molar-refractivity contribution in [2.45, 2.75) is 77.3 Å². The first kappa shape index (κ1) is 33.0. The van der Waals surface area contributed by atoms with Crippen molar-refractivity contribution >= 4 is 24.1 Å². The molecule has 0 fully saturated rings. The van der Waals surface area contributed by atoms with E-state index in [9.17, 15) is 23.6 Å². The average molecular weight is 579 g/mol. The van der Waals surface area contributed by atoms with Crippen molar-refractivity contribution in [3.05, 3.63) is 47.8 Å². The first-order valence-corrected chi connectivity index (χ1v) is 13.3. The van der Waals surface area contributed by atoms with Gasteiger partial charge in [0.05, 0.1) is 19.3 Å². The fourth-order valence-corrected chi connectivity index (χ4v) is 3.59. The van der Waals surface area contributed by atoms with Gasteiger partial charge in [-0.15, -0.1) is 5.10 Å². The van der Waals surface area contributed by atoms with Crippen molar-refractivity contribution in [3.63, 3.8) is 0 Å². The molecule has 2 unspecified atom stereocenters. The number of halogens is 1. The molecule has 0 saturated carbocycles. The summed E-state index contributed by atoms with van der Waals surface area (Å²) in [5.74, 6) is -1.38. The maximum Gasteiger partial charge on any atom is 0.407 e. The fourth-order valence-electron chi connectivity index (χ4n) is 3.59. The molecule has 0 saturated heterocycles. The Balaban J connectivity index is 1.89. The number of esters is 2. The first-order valence-electron chi connectivity index (χ1n) is 13.3. The number of hydrogen-bond acceptors (Lipinski definition) is 9. The molecule has 0 bridgehead atoms. The van der Waals surface area contributed by atoms with E-state index in [4.69, 9.17) is 14.2 Å². The number of methoxy groups -OCH3 is 1.